The molecule has 0 atom stereocenters. The Morgan fingerprint density at radius 1 is 1.22 bits per heavy atom. The average molecular weight is 384 g/mol. The van der Waals surface area contributed by atoms with Crippen molar-refractivity contribution in [2.24, 2.45) is 0 Å². The molecule has 0 bridgehead atoms. The molecule has 0 spiro atoms. The largest absolute Gasteiger partial charge is 0.349 e. The molecule has 27 heavy (non-hydrogen) atoms. The Bertz CT molecular complexity index is 785. The molecule has 5 heteroatoms. The fourth-order valence-corrected chi connectivity index (χ4v) is 4.39. The highest BCUT2D eigenvalue weighted by molar-refractivity contribution is 7.99. The molecule has 1 N–H and O–H groups in total. The molecule has 2 aromatic rings. The van der Waals surface area contributed by atoms with E-state index in [-0.39, 0.29) is 11.9 Å². The third-order valence-electron chi connectivity index (χ3n) is 5.17. The van der Waals surface area contributed by atoms with Crippen molar-refractivity contribution in [2.45, 2.75) is 56.0 Å². The Morgan fingerprint density at radius 2 is 2.00 bits per heavy atom. The molecule has 144 valence electrons. The molecule has 1 aliphatic heterocycles. The summed E-state index contributed by atoms with van der Waals surface area (Å²) in [5.41, 5.74) is 3.19. The molecular weight excluding hydrogens is 354 g/mol. The molecule has 0 saturated carbocycles. The molecule has 1 aliphatic rings. The normalized spacial score (nSPS) is 15.7. The second kappa shape index (κ2) is 9.38. The first-order valence-electron chi connectivity index (χ1n) is 9.80. The highest BCUT2D eigenvalue weighted by Gasteiger charge is 2.22. The van der Waals surface area contributed by atoms with Gasteiger partial charge in [0.25, 0.3) is 5.91 Å². The standard InChI is InChI=1S/C22H29N3OS/c1-4-12-25-13-9-18(10-14-25)24-21(26)20-6-5-11-23-22(20)27-19-8-7-16(2)17(3)15-19/h5-8,11,15,18H,4,9-10,12-14H2,1-3H3,(H,24,26). The van der Waals surface area contributed by atoms with E-state index in [0.717, 1.165) is 42.4 Å². The first-order valence-corrected chi connectivity index (χ1v) is 10.6. The summed E-state index contributed by atoms with van der Waals surface area (Å²) in [6.45, 7) is 9.71. The second-order valence-corrected chi connectivity index (χ2v) is 8.36. The predicted molar refractivity (Wildman–Crippen MR) is 111 cm³/mol. The van der Waals surface area contributed by atoms with Gasteiger partial charge < -0.3 is 10.2 Å². The van der Waals surface area contributed by atoms with Crippen LogP contribution in [0.15, 0.2) is 46.5 Å². The van der Waals surface area contributed by atoms with Crippen molar-refractivity contribution in [3.8, 4) is 0 Å². The van der Waals surface area contributed by atoms with Crippen LogP contribution in [-0.4, -0.2) is 41.5 Å². The Morgan fingerprint density at radius 3 is 2.70 bits per heavy atom. The summed E-state index contributed by atoms with van der Waals surface area (Å²) in [7, 11) is 0. The van der Waals surface area contributed by atoms with Gasteiger partial charge in [0.05, 0.1) is 5.56 Å². The maximum Gasteiger partial charge on any atom is 0.254 e. The van der Waals surface area contributed by atoms with E-state index in [1.807, 2.05) is 12.1 Å². The van der Waals surface area contributed by atoms with Crippen LogP contribution < -0.4 is 5.32 Å². The average Bonchev–Trinajstić information content (AvgIpc) is 2.67. The van der Waals surface area contributed by atoms with Gasteiger partial charge in [-0.3, -0.25) is 4.79 Å². The maximum atomic E-state index is 12.9. The van der Waals surface area contributed by atoms with E-state index >= 15 is 0 Å². The molecule has 0 radical (unpaired) electrons. The molecule has 1 fully saturated rings. The van der Waals surface area contributed by atoms with Crippen LogP contribution in [-0.2, 0) is 0 Å². The lowest BCUT2D eigenvalue weighted by Gasteiger charge is -2.32. The minimum Gasteiger partial charge on any atom is -0.349 e. The van der Waals surface area contributed by atoms with Crippen LogP contribution >= 0.6 is 11.8 Å². The zero-order valence-corrected chi connectivity index (χ0v) is 17.3. The van der Waals surface area contributed by atoms with Gasteiger partial charge >= 0.3 is 0 Å². The molecule has 0 aliphatic carbocycles. The number of amides is 1. The van der Waals surface area contributed by atoms with Crippen LogP contribution in [0, 0.1) is 13.8 Å². The molecular formula is C22H29N3OS. The molecule has 0 unspecified atom stereocenters. The number of piperidine rings is 1. The first-order chi connectivity index (χ1) is 13.1. The number of aromatic nitrogens is 1. The van der Waals surface area contributed by atoms with Crippen molar-refractivity contribution in [1.82, 2.24) is 15.2 Å². The van der Waals surface area contributed by atoms with Crippen molar-refractivity contribution in [1.29, 1.82) is 0 Å². The van der Waals surface area contributed by atoms with E-state index in [2.05, 4.69) is 54.2 Å². The smallest absolute Gasteiger partial charge is 0.254 e. The van der Waals surface area contributed by atoms with Gasteiger partial charge in [-0.05, 0) is 75.0 Å². The molecule has 1 aromatic heterocycles. The Balaban J connectivity index is 1.66. The SMILES string of the molecule is CCCN1CCC(NC(=O)c2cccnc2Sc2ccc(C)c(C)c2)CC1. The van der Waals surface area contributed by atoms with Crippen molar-refractivity contribution < 1.29 is 4.79 Å². The van der Waals surface area contributed by atoms with Crippen molar-refractivity contribution >= 4 is 17.7 Å². The Kier molecular flexibility index (Phi) is 6.91. The quantitative estimate of drug-likeness (QED) is 0.800. The van der Waals surface area contributed by atoms with Crippen LogP contribution in [0.5, 0.6) is 0 Å². The zero-order chi connectivity index (χ0) is 19.2. The number of nitrogens with zero attached hydrogens (tertiary/aromatic N) is 2. The molecule has 3 rings (SSSR count). The summed E-state index contributed by atoms with van der Waals surface area (Å²) >= 11 is 1.55. The summed E-state index contributed by atoms with van der Waals surface area (Å²) in [4.78, 5) is 20.9. The molecule has 4 nitrogen and oxygen atoms in total. The van der Waals surface area contributed by atoms with Crippen LogP contribution in [0.2, 0.25) is 0 Å². The number of carbonyl (C=O) groups is 1. The van der Waals surface area contributed by atoms with E-state index in [0.29, 0.717) is 5.56 Å². The third-order valence-corrected chi connectivity index (χ3v) is 6.18. The van der Waals surface area contributed by atoms with Gasteiger partial charge in [0.2, 0.25) is 0 Å². The second-order valence-electron chi connectivity index (χ2n) is 7.29. The highest BCUT2D eigenvalue weighted by atomic mass is 32.2. The molecule has 1 aromatic carbocycles. The molecule has 1 saturated heterocycles. The van der Waals surface area contributed by atoms with Gasteiger partial charge in [0.15, 0.2) is 0 Å². The van der Waals surface area contributed by atoms with Crippen LogP contribution in [0.1, 0.15) is 47.7 Å². The molecule has 2 heterocycles. The summed E-state index contributed by atoms with van der Waals surface area (Å²) in [6.07, 6.45) is 4.98. The Labute approximate surface area is 166 Å². The van der Waals surface area contributed by atoms with Crippen molar-refractivity contribution in [3.05, 3.63) is 53.2 Å². The number of pyridine rings is 1. The highest BCUT2D eigenvalue weighted by Crippen LogP contribution is 2.30. The Hall–Kier alpha value is -1.85. The lowest BCUT2D eigenvalue weighted by atomic mass is 10.0. The summed E-state index contributed by atoms with van der Waals surface area (Å²) in [6, 6.07) is 10.3. The third kappa shape index (κ3) is 5.33. The number of rotatable bonds is 6. The monoisotopic (exact) mass is 383 g/mol. The number of aryl methyl sites for hydroxylation is 2. The van der Waals surface area contributed by atoms with Gasteiger partial charge in [0.1, 0.15) is 5.03 Å². The van der Waals surface area contributed by atoms with Crippen LogP contribution in [0.25, 0.3) is 0 Å². The number of hydrogen-bond donors (Lipinski definition) is 1. The van der Waals surface area contributed by atoms with E-state index in [1.54, 1.807) is 18.0 Å². The minimum atomic E-state index is -0.0108. The maximum absolute atomic E-state index is 12.9. The van der Waals surface area contributed by atoms with E-state index in [1.165, 1.54) is 17.5 Å². The predicted octanol–water partition coefficient (Wildman–Crippen LogP) is 4.45. The lowest BCUT2D eigenvalue weighted by molar-refractivity contribution is 0.0907. The van der Waals surface area contributed by atoms with Crippen molar-refractivity contribution in [3.63, 3.8) is 0 Å². The van der Waals surface area contributed by atoms with E-state index in [4.69, 9.17) is 0 Å². The summed E-state index contributed by atoms with van der Waals surface area (Å²) in [5, 5.41) is 3.99. The number of carbonyl (C=O) groups excluding carboxylic acids is 1. The van der Waals surface area contributed by atoms with Gasteiger partial charge in [-0.25, -0.2) is 4.98 Å². The van der Waals surface area contributed by atoms with Gasteiger partial charge in [-0.15, -0.1) is 0 Å². The first kappa shape index (κ1) is 19.9. The number of benzene rings is 1. The van der Waals surface area contributed by atoms with Gasteiger partial charge in [-0.2, -0.15) is 0 Å². The number of nitrogens with one attached hydrogen (secondary N) is 1. The summed E-state index contributed by atoms with van der Waals surface area (Å²) in [5.74, 6) is -0.0108. The minimum absolute atomic E-state index is 0.0108. The zero-order valence-electron chi connectivity index (χ0n) is 16.5. The van der Waals surface area contributed by atoms with Gasteiger partial charge in [0, 0.05) is 30.2 Å². The van der Waals surface area contributed by atoms with E-state index < -0.39 is 0 Å². The fraction of sp³-hybridized carbons (Fsp3) is 0.455. The van der Waals surface area contributed by atoms with Crippen molar-refractivity contribution in [2.75, 3.05) is 19.6 Å². The number of likely N-dealkylation sites (tertiary alicyclic amines) is 1. The molecule has 1 amide bonds. The van der Waals surface area contributed by atoms with Crippen LogP contribution in [0.3, 0.4) is 0 Å². The lowest BCUT2D eigenvalue weighted by Crippen LogP contribution is -2.44. The van der Waals surface area contributed by atoms with Crippen LogP contribution in [0.4, 0.5) is 0 Å². The summed E-state index contributed by atoms with van der Waals surface area (Å²) < 4.78 is 0. The van der Waals surface area contributed by atoms with E-state index in [9.17, 15) is 4.79 Å². The van der Waals surface area contributed by atoms with Gasteiger partial charge in [-0.1, -0.05) is 24.8 Å². The topological polar surface area (TPSA) is 45.2 Å². The fourth-order valence-electron chi connectivity index (χ4n) is 3.41. The number of hydrogen-bond acceptors (Lipinski definition) is 4.